The molecule has 0 bridgehead atoms. The molecule has 1 heterocycles. The molecule has 0 saturated heterocycles. The van der Waals surface area contributed by atoms with Crippen molar-refractivity contribution in [1.82, 2.24) is 0 Å². The predicted octanol–water partition coefficient (Wildman–Crippen LogP) is 2.78. The second-order valence-corrected chi connectivity index (χ2v) is 6.28. The van der Waals surface area contributed by atoms with E-state index in [4.69, 9.17) is 4.74 Å². The molecule has 1 aliphatic rings. The molecule has 0 fully saturated rings. The number of carbonyl (C=O) groups excluding carboxylic acids is 2. The summed E-state index contributed by atoms with van der Waals surface area (Å²) in [5.74, 6) is -1.92. The fourth-order valence-electron chi connectivity index (χ4n) is 2.45. The van der Waals surface area contributed by atoms with Gasteiger partial charge in [0.1, 0.15) is 11.6 Å². The molecule has 0 aliphatic carbocycles. The van der Waals surface area contributed by atoms with Crippen LogP contribution in [0.15, 0.2) is 23.2 Å². The summed E-state index contributed by atoms with van der Waals surface area (Å²) in [6.07, 6.45) is 0. The molecule has 24 heavy (non-hydrogen) atoms. The van der Waals surface area contributed by atoms with Gasteiger partial charge in [-0.2, -0.15) is 0 Å². The average molecular weight is 356 g/mol. The van der Waals surface area contributed by atoms with Crippen molar-refractivity contribution < 1.29 is 23.1 Å². The number of carbonyl (C=O) groups is 2. The molecule has 0 radical (unpaired) electrons. The number of amides is 1. The molecule has 5 nitrogen and oxygen atoms in total. The van der Waals surface area contributed by atoms with Crippen LogP contribution in [-0.4, -0.2) is 41.4 Å². The topological polar surface area (TPSA) is 59.0 Å². The normalized spacial score (nSPS) is 18.0. The minimum absolute atomic E-state index is 0.107. The Morgan fingerprint density at radius 2 is 2.00 bits per heavy atom. The smallest absolute Gasteiger partial charge is 0.331 e. The molecule has 2 rings (SSSR count). The number of thioether (sulfide) groups is 1. The van der Waals surface area contributed by atoms with Crippen molar-refractivity contribution in [2.24, 2.45) is 4.99 Å². The molecule has 1 aromatic carbocycles. The van der Waals surface area contributed by atoms with E-state index in [-0.39, 0.29) is 18.2 Å². The highest BCUT2D eigenvalue weighted by atomic mass is 32.2. The van der Waals surface area contributed by atoms with E-state index in [1.165, 1.54) is 23.6 Å². The van der Waals surface area contributed by atoms with Gasteiger partial charge < -0.3 is 9.64 Å². The van der Waals surface area contributed by atoms with E-state index in [0.29, 0.717) is 10.8 Å². The Kier molecular flexibility index (Phi) is 5.93. The Morgan fingerprint density at radius 1 is 1.38 bits per heavy atom. The molecule has 1 aromatic rings. The van der Waals surface area contributed by atoms with Gasteiger partial charge in [0.2, 0.25) is 5.91 Å². The first-order chi connectivity index (χ1) is 11.3. The third-order valence-electron chi connectivity index (χ3n) is 3.44. The summed E-state index contributed by atoms with van der Waals surface area (Å²) in [7, 11) is 0. The van der Waals surface area contributed by atoms with Crippen LogP contribution in [0, 0.1) is 11.6 Å². The lowest BCUT2D eigenvalue weighted by molar-refractivity contribution is -0.143. The van der Waals surface area contributed by atoms with E-state index >= 15 is 0 Å². The Bertz CT molecular complexity index is 661. The van der Waals surface area contributed by atoms with Gasteiger partial charge in [0.25, 0.3) is 0 Å². The number of esters is 1. The third-order valence-corrected chi connectivity index (χ3v) is 4.66. The van der Waals surface area contributed by atoms with Gasteiger partial charge in [-0.25, -0.2) is 13.6 Å². The molecule has 0 saturated carbocycles. The van der Waals surface area contributed by atoms with Gasteiger partial charge in [0.05, 0.1) is 23.4 Å². The van der Waals surface area contributed by atoms with Gasteiger partial charge in [-0.1, -0.05) is 0 Å². The minimum atomic E-state index is -0.770. The zero-order valence-electron chi connectivity index (χ0n) is 13.6. The highest BCUT2D eigenvalue weighted by Gasteiger charge is 2.32. The highest BCUT2D eigenvalue weighted by Crippen LogP contribution is 2.28. The number of hydrogen-bond donors (Lipinski definition) is 0. The average Bonchev–Trinajstić information content (AvgIpc) is 2.96. The monoisotopic (exact) mass is 356 g/mol. The van der Waals surface area contributed by atoms with Crippen molar-refractivity contribution in [2.75, 3.05) is 17.3 Å². The molecule has 1 aliphatic heterocycles. The lowest BCUT2D eigenvalue weighted by atomic mass is 10.2. The molecule has 0 aromatic heterocycles. The van der Waals surface area contributed by atoms with Crippen LogP contribution in [0.5, 0.6) is 0 Å². The van der Waals surface area contributed by atoms with E-state index in [0.717, 1.165) is 18.2 Å². The van der Waals surface area contributed by atoms with Crippen LogP contribution >= 0.6 is 11.8 Å². The van der Waals surface area contributed by atoms with Gasteiger partial charge >= 0.3 is 5.97 Å². The number of nitrogens with zero attached hydrogens (tertiary/aromatic N) is 2. The number of anilines is 1. The SMILES string of the molecule is CCOC(=O)C1CSC(C(C)N(C(C)=O)c2cc(F)cc(F)c2)=N1. The van der Waals surface area contributed by atoms with Crippen molar-refractivity contribution in [3.8, 4) is 0 Å². The standard InChI is InChI=1S/C16H18F2N2O3S/c1-4-23-16(22)14-8-24-15(19-14)9(2)20(10(3)21)13-6-11(17)5-12(18)7-13/h5-7,9,14H,4,8H2,1-3H3. The number of benzene rings is 1. The number of halogens is 2. The summed E-state index contributed by atoms with van der Waals surface area (Å²) in [6, 6.07) is 1.75. The minimum Gasteiger partial charge on any atom is -0.464 e. The third kappa shape index (κ3) is 4.11. The van der Waals surface area contributed by atoms with Crippen LogP contribution < -0.4 is 4.90 Å². The summed E-state index contributed by atoms with van der Waals surface area (Å²) in [5.41, 5.74) is 0.107. The first kappa shape index (κ1) is 18.4. The zero-order valence-corrected chi connectivity index (χ0v) is 14.4. The van der Waals surface area contributed by atoms with Crippen molar-refractivity contribution >= 4 is 34.4 Å². The van der Waals surface area contributed by atoms with Crippen LogP contribution in [0.4, 0.5) is 14.5 Å². The van der Waals surface area contributed by atoms with Gasteiger partial charge in [0, 0.05) is 18.7 Å². The summed E-state index contributed by atoms with van der Waals surface area (Å²) >= 11 is 1.33. The van der Waals surface area contributed by atoms with Crippen LogP contribution in [0.3, 0.4) is 0 Å². The Morgan fingerprint density at radius 3 is 2.54 bits per heavy atom. The summed E-state index contributed by atoms with van der Waals surface area (Å²) in [4.78, 5) is 29.3. The number of ether oxygens (including phenoxy) is 1. The molecular weight excluding hydrogens is 338 g/mol. The van der Waals surface area contributed by atoms with E-state index in [1.54, 1.807) is 13.8 Å². The molecule has 130 valence electrons. The largest absolute Gasteiger partial charge is 0.464 e. The van der Waals surface area contributed by atoms with Gasteiger partial charge in [-0.15, -0.1) is 11.8 Å². The number of aliphatic imine (C=N–C) groups is 1. The van der Waals surface area contributed by atoms with Crippen LogP contribution in [-0.2, 0) is 14.3 Å². The first-order valence-electron chi connectivity index (χ1n) is 7.46. The van der Waals surface area contributed by atoms with Crippen LogP contribution in [0.2, 0.25) is 0 Å². The predicted molar refractivity (Wildman–Crippen MR) is 89.3 cm³/mol. The fraction of sp³-hybridized carbons (Fsp3) is 0.438. The summed E-state index contributed by atoms with van der Waals surface area (Å²) in [5, 5.41) is 0.549. The second kappa shape index (κ2) is 7.74. The molecule has 8 heteroatoms. The zero-order chi connectivity index (χ0) is 17.9. The van der Waals surface area contributed by atoms with Gasteiger partial charge in [0.15, 0.2) is 6.04 Å². The molecule has 2 unspecified atom stereocenters. The second-order valence-electron chi connectivity index (χ2n) is 5.24. The van der Waals surface area contributed by atoms with Crippen LogP contribution in [0.1, 0.15) is 20.8 Å². The molecule has 2 atom stereocenters. The first-order valence-corrected chi connectivity index (χ1v) is 8.45. The Labute approximate surface area is 143 Å². The maximum absolute atomic E-state index is 13.5. The summed E-state index contributed by atoms with van der Waals surface area (Å²) in [6.45, 7) is 4.98. The lowest BCUT2D eigenvalue weighted by Gasteiger charge is -2.28. The number of rotatable bonds is 5. The van der Waals surface area contributed by atoms with E-state index < -0.39 is 29.7 Å². The molecular formula is C16H18F2N2O3S. The van der Waals surface area contributed by atoms with Crippen molar-refractivity contribution in [2.45, 2.75) is 32.9 Å². The maximum atomic E-state index is 13.5. The molecule has 1 amide bonds. The maximum Gasteiger partial charge on any atom is 0.331 e. The van der Waals surface area contributed by atoms with Crippen molar-refractivity contribution in [1.29, 1.82) is 0 Å². The van der Waals surface area contributed by atoms with Gasteiger partial charge in [-0.05, 0) is 26.0 Å². The van der Waals surface area contributed by atoms with Crippen molar-refractivity contribution in [3.63, 3.8) is 0 Å². The number of hydrogen-bond acceptors (Lipinski definition) is 5. The molecule has 0 spiro atoms. The lowest BCUT2D eigenvalue weighted by Crippen LogP contribution is -2.41. The van der Waals surface area contributed by atoms with E-state index in [1.807, 2.05) is 0 Å². The Balaban J connectivity index is 2.27. The van der Waals surface area contributed by atoms with E-state index in [2.05, 4.69) is 4.99 Å². The fourth-order valence-corrected chi connectivity index (χ4v) is 3.53. The highest BCUT2D eigenvalue weighted by molar-refractivity contribution is 8.14. The van der Waals surface area contributed by atoms with E-state index in [9.17, 15) is 18.4 Å². The van der Waals surface area contributed by atoms with Crippen LogP contribution in [0.25, 0.3) is 0 Å². The summed E-state index contributed by atoms with van der Waals surface area (Å²) < 4.78 is 31.9. The van der Waals surface area contributed by atoms with Crippen molar-refractivity contribution in [3.05, 3.63) is 29.8 Å². The molecule has 0 N–H and O–H groups in total. The van der Waals surface area contributed by atoms with Gasteiger partial charge in [-0.3, -0.25) is 9.79 Å². The quantitative estimate of drug-likeness (QED) is 0.761. The Hall–Kier alpha value is -1.96.